The Kier molecular flexibility index (Phi) is 11.8. The van der Waals surface area contributed by atoms with Crippen molar-refractivity contribution in [3.63, 3.8) is 0 Å². The number of hydrogen-bond donors (Lipinski definition) is 3. The molecule has 1 saturated heterocycles. The Morgan fingerprint density at radius 1 is 1.36 bits per heavy atom. The summed E-state index contributed by atoms with van der Waals surface area (Å²) >= 11 is 0. The van der Waals surface area contributed by atoms with Crippen LogP contribution in [0.25, 0.3) is 11.0 Å². The number of carbonyl (C=O) groups excluding carboxylic acids is 1. The van der Waals surface area contributed by atoms with E-state index in [2.05, 4.69) is 93.3 Å². The van der Waals surface area contributed by atoms with Crippen LogP contribution in [0.1, 0.15) is 76.3 Å². The lowest BCUT2D eigenvalue weighted by atomic mass is 10.2. The molecule has 2 aromatic heterocycles. The summed E-state index contributed by atoms with van der Waals surface area (Å²) in [5, 5.41) is 6.47. The van der Waals surface area contributed by atoms with Gasteiger partial charge in [0, 0.05) is 39.1 Å². The van der Waals surface area contributed by atoms with Crippen molar-refractivity contribution in [1.82, 2.24) is 19.2 Å². The molecule has 2 unspecified atom stereocenters. The Hall–Kier alpha value is -1.66. The van der Waals surface area contributed by atoms with Crippen LogP contribution < -0.4 is 10.9 Å². The van der Waals surface area contributed by atoms with Crippen molar-refractivity contribution in [3.8, 4) is 0 Å². The smallest absolute Gasteiger partial charge is 0.261 e. The third-order valence-electron chi connectivity index (χ3n) is 7.67. The number of carbonyl (C=O) groups is 1. The van der Waals surface area contributed by atoms with E-state index in [1.165, 1.54) is 7.11 Å². The summed E-state index contributed by atoms with van der Waals surface area (Å²) in [5.41, 5.74) is -0.00648. The number of aliphatic hydroxyl groups is 1. The summed E-state index contributed by atoms with van der Waals surface area (Å²) in [7, 11) is -1.92. The molecule has 2 aromatic rings. The molecule has 13 heteroatoms. The minimum absolute atomic E-state index is 0.0717. The molecule has 0 bridgehead atoms. The fraction of sp³-hybridized carbons (Fsp3) is 0.759. The number of fused-ring (bicyclic) bond motifs is 1. The molecule has 0 aromatic carbocycles. The Labute approximate surface area is 256 Å². The fourth-order valence-corrected chi connectivity index (χ4v) is 7.63. The van der Waals surface area contributed by atoms with Gasteiger partial charge < -0.3 is 23.4 Å². The lowest BCUT2D eigenvalue weighted by Gasteiger charge is -2.39. The zero-order valence-electron chi connectivity index (χ0n) is 29.6. The molecule has 0 spiro atoms. The van der Waals surface area contributed by atoms with Crippen LogP contribution in [0.3, 0.4) is 0 Å². The summed E-state index contributed by atoms with van der Waals surface area (Å²) in [6.07, 6.45) is -0.821. The Bertz CT molecular complexity index is 1280. The highest BCUT2D eigenvalue weighted by molar-refractivity contribution is 7.49. The standard InChI is InChI=1S/C28H50N5O5PSi.CH4O/c1-17(2)24(34)30-27-29-23-21(25(35)31-27)13-14-32(23)26-22(38-40(11,12)28(7,8)9)15-20(37-26)16-36-39(10)33(18(3)4)19(5)6;1-2/h13-14,17-20,22,26H,15-16H2,1-12H3,(H2,29,30,31,34,35);2H,1H3/t20-,22-,26+,39?;/m0./s1/i15D;2T/t15?,20-,22-,26+,39?;. The highest BCUT2D eigenvalue weighted by Crippen LogP contribution is 2.45. The number of nitrogens with one attached hydrogen (secondary N) is 2. The van der Waals surface area contributed by atoms with Crippen LogP contribution in [0.15, 0.2) is 17.1 Å². The highest BCUT2D eigenvalue weighted by Gasteiger charge is 2.46. The van der Waals surface area contributed by atoms with Crippen LogP contribution in [0.4, 0.5) is 5.95 Å². The number of nitrogens with zero attached hydrogens (tertiary/aromatic N) is 3. The van der Waals surface area contributed by atoms with E-state index in [-0.39, 0.29) is 35.0 Å². The van der Waals surface area contributed by atoms with Crippen LogP contribution in [0.5, 0.6) is 0 Å². The summed E-state index contributed by atoms with van der Waals surface area (Å²) < 4.78 is 38.8. The largest absolute Gasteiger partial charge is 0.409 e. The number of ether oxygens (including phenoxy) is 1. The number of aromatic amines is 1. The van der Waals surface area contributed by atoms with Crippen molar-refractivity contribution in [2.75, 3.05) is 25.7 Å². The molecule has 5 atom stereocenters. The minimum atomic E-state index is -2.32. The molecule has 1 aliphatic rings. The van der Waals surface area contributed by atoms with E-state index in [9.17, 15) is 11.0 Å². The van der Waals surface area contributed by atoms with Gasteiger partial charge in [0.25, 0.3) is 5.56 Å². The number of anilines is 1. The number of H-pyrrole nitrogens is 1. The third-order valence-corrected chi connectivity index (χ3v) is 14.2. The first-order valence-electron chi connectivity index (χ1n) is 15.6. The van der Waals surface area contributed by atoms with Gasteiger partial charge in [-0.05, 0) is 58.6 Å². The van der Waals surface area contributed by atoms with Crippen LogP contribution in [0, 0.1) is 5.92 Å². The normalized spacial score (nSPS) is 22.9. The van der Waals surface area contributed by atoms with Gasteiger partial charge in [0.2, 0.25) is 13.3 Å². The van der Waals surface area contributed by atoms with E-state index in [0.717, 1.165) is 0 Å². The van der Waals surface area contributed by atoms with Crippen molar-refractivity contribution in [2.45, 2.75) is 117 Å². The van der Waals surface area contributed by atoms with Crippen molar-refractivity contribution < 1.29 is 25.0 Å². The lowest BCUT2D eigenvalue weighted by Crippen LogP contribution is -2.45. The predicted octanol–water partition coefficient (Wildman–Crippen LogP) is 5.68. The van der Waals surface area contributed by atoms with Gasteiger partial charge in [0.15, 0.2) is 20.2 Å². The van der Waals surface area contributed by atoms with E-state index in [4.69, 9.17) is 15.1 Å². The van der Waals surface area contributed by atoms with Crippen LogP contribution >= 0.6 is 8.30 Å². The van der Waals surface area contributed by atoms with Crippen LogP contribution in [0.2, 0.25) is 18.1 Å². The maximum atomic E-state index is 12.9. The molecular weight excluding hydrogens is 573 g/mol. The number of aliphatic hydroxyl groups excluding tert-OH is 1. The first kappa shape index (κ1) is 33.2. The quantitative estimate of drug-likeness (QED) is 0.214. The molecule has 11 nitrogen and oxygen atoms in total. The van der Waals surface area contributed by atoms with Gasteiger partial charge >= 0.3 is 0 Å². The van der Waals surface area contributed by atoms with E-state index >= 15 is 0 Å². The van der Waals surface area contributed by atoms with Crippen LogP contribution in [-0.4, -0.2) is 84.6 Å². The predicted molar refractivity (Wildman–Crippen MR) is 173 cm³/mol. The number of rotatable bonds is 11. The average Bonchev–Trinajstić information content (AvgIpc) is 3.43. The summed E-state index contributed by atoms with van der Waals surface area (Å²) in [6.45, 7) is 25.3. The van der Waals surface area contributed by atoms with Gasteiger partial charge in [-0.25, -0.2) is 0 Å². The van der Waals surface area contributed by atoms with Crippen molar-refractivity contribution in [3.05, 3.63) is 22.6 Å². The molecule has 0 aliphatic carbocycles. The van der Waals surface area contributed by atoms with Crippen LogP contribution in [-0.2, 0) is 18.5 Å². The topological polar surface area (TPSA) is 131 Å². The molecule has 1 aliphatic heterocycles. The summed E-state index contributed by atoms with van der Waals surface area (Å²) in [5.74, 6) is -0.458. The number of hydrogen-bond acceptors (Lipinski definition) is 8. The minimum Gasteiger partial charge on any atom is -0.409 e. The summed E-state index contributed by atoms with van der Waals surface area (Å²) in [4.78, 5) is 32.5. The fourth-order valence-electron chi connectivity index (χ4n) is 4.60. The molecule has 1 fully saturated rings. The van der Waals surface area contributed by atoms with Gasteiger partial charge in [0.05, 0.1) is 24.2 Å². The van der Waals surface area contributed by atoms with Gasteiger partial charge in [0.1, 0.15) is 8.30 Å². The van der Waals surface area contributed by atoms with Gasteiger partial charge in [-0.3, -0.25) is 24.6 Å². The van der Waals surface area contributed by atoms with Crippen molar-refractivity contribution >= 4 is 39.5 Å². The SMILES string of the molecule is [2H]C1[C@@H](COP(C)N(C(C)C)C(C)C)O[C@@H](n2ccc3c(=O)[nH]c(NC(=O)C(C)C)nc32)[C@H]1O[Si](C)(C)C(C)(C)C.[3H]OC. The molecule has 1 amide bonds. The second-order valence-corrected chi connectivity index (χ2v) is 19.4. The first-order valence-corrected chi connectivity index (χ1v) is 19.2. The first-order chi connectivity index (χ1) is 20.3. The molecule has 42 heavy (non-hydrogen) atoms. The maximum Gasteiger partial charge on any atom is 0.261 e. The molecule has 240 valence electrons. The lowest BCUT2D eigenvalue weighted by molar-refractivity contribution is -0.118. The number of amides is 1. The molecular formula is C29H54N5O6PSi. The van der Waals surface area contributed by atoms with E-state index in [0.29, 0.717) is 23.1 Å². The van der Waals surface area contributed by atoms with Gasteiger partial charge in [-0.2, -0.15) is 4.98 Å². The Balaban J connectivity index is 0.00000216. The Morgan fingerprint density at radius 3 is 2.48 bits per heavy atom. The van der Waals surface area contributed by atoms with Crippen molar-refractivity contribution in [2.24, 2.45) is 5.92 Å². The molecule has 0 saturated carbocycles. The third kappa shape index (κ3) is 8.71. The average molecular weight is 631 g/mol. The van der Waals surface area contributed by atoms with Crippen molar-refractivity contribution in [1.29, 1.82) is 1.43 Å². The molecule has 0 radical (unpaired) electrons. The zero-order chi connectivity index (χ0) is 33.7. The monoisotopic (exact) mass is 630 g/mol. The second-order valence-electron chi connectivity index (χ2n) is 12.9. The second kappa shape index (κ2) is 14.9. The number of aromatic nitrogens is 3. The molecule has 3 heterocycles. The van der Waals surface area contributed by atoms with E-state index in [1.54, 1.807) is 30.7 Å². The van der Waals surface area contributed by atoms with E-state index < -0.39 is 41.4 Å². The van der Waals surface area contributed by atoms with Gasteiger partial charge in [-0.1, -0.05) is 34.6 Å². The summed E-state index contributed by atoms with van der Waals surface area (Å²) in [6, 6.07) is 2.33. The van der Waals surface area contributed by atoms with Gasteiger partial charge in [-0.15, -0.1) is 0 Å². The highest BCUT2D eigenvalue weighted by atomic mass is 31.2. The zero-order valence-corrected chi connectivity index (χ0v) is 29.5. The Morgan fingerprint density at radius 2 is 1.95 bits per heavy atom. The molecule has 3 N–H and O–H groups in total. The maximum absolute atomic E-state index is 12.9. The molecule has 3 rings (SSSR count). The van der Waals surface area contributed by atoms with E-state index in [1.807, 2.05) is 0 Å².